The van der Waals surface area contributed by atoms with Gasteiger partial charge < -0.3 is 15.9 Å². The van der Waals surface area contributed by atoms with Crippen LogP contribution in [0, 0.1) is 26.6 Å². The number of halogens is 1. The van der Waals surface area contributed by atoms with Gasteiger partial charge in [0.1, 0.15) is 5.82 Å². The molecule has 9 heteroatoms. The molecule has 8 nitrogen and oxygen atoms in total. The van der Waals surface area contributed by atoms with Crippen molar-refractivity contribution in [3.8, 4) is 5.82 Å². The van der Waals surface area contributed by atoms with Gasteiger partial charge in [0.2, 0.25) is 0 Å². The second-order valence-corrected chi connectivity index (χ2v) is 6.85. The molecular weight excluding hydrogens is 387 g/mol. The molecule has 0 saturated carbocycles. The lowest BCUT2D eigenvalue weighted by Crippen LogP contribution is -2.27. The average molecular weight is 410 g/mol. The molecular formula is C21H23FN6O2. The van der Waals surface area contributed by atoms with Crippen molar-refractivity contribution in [1.82, 2.24) is 20.1 Å². The smallest absolute Gasteiger partial charge is 0.261 e. The molecule has 1 aromatic carbocycles. The highest BCUT2D eigenvalue weighted by Crippen LogP contribution is 2.11. The van der Waals surface area contributed by atoms with Crippen molar-refractivity contribution in [2.45, 2.75) is 27.3 Å². The molecule has 3 aromatic rings. The summed E-state index contributed by atoms with van der Waals surface area (Å²) in [5.41, 5.74) is 9.52. The summed E-state index contributed by atoms with van der Waals surface area (Å²) in [7, 11) is 0. The number of nitrogens with one attached hydrogen (secondary N) is 1. The summed E-state index contributed by atoms with van der Waals surface area (Å²) in [4.78, 5) is 21.2. The summed E-state index contributed by atoms with van der Waals surface area (Å²) in [5.74, 6) is 0.0409. The molecule has 0 fully saturated rings. The number of amides is 1. The SMILES string of the molecule is Cc1cc(C)n(-c2ccc(/C(N)=N/OCC(=O)NCc3ccc(C)c(F)c3)cn2)n1. The molecule has 0 bridgehead atoms. The molecule has 0 atom stereocenters. The zero-order chi connectivity index (χ0) is 21.7. The number of aromatic nitrogens is 3. The fourth-order valence-corrected chi connectivity index (χ4v) is 2.73. The minimum atomic E-state index is -0.398. The van der Waals surface area contributed by atoms with E-state index in [-0.39, 0.29) is 24.8 Å². The number of carbonyl (C=O) groups excluding carboxylic acids is 1. The normalized spacial score (nSPS) is 11.4. The number of nitrogens with two attached hydrogens (primary N) is 1. The zero-order valence-electron chi connectivity index (χ0n) is 17.0. The molecule has 30 heavy (non-hydrogen) atoms. The lowest BCUT2D eigenvalue weighted by Gasteiger charge is -2.07. The Kier molecular flexibility index (Phi) is 6.41. The van der Waals surface area contributed by atoms with E-state index < -0.39 is 5.91 Å². The first-order chi connectivity index (χ1) is 14.3. The fourth-order valence-electron chi connectivity index (χ4n) is 2.73. The second-order valence-electron chi connectivity index (χ2n) is 6.85. The number of benzene rings is 1. The van der Waals surface area contributed by atoms with E-state index in [4.69, 9.17) is 10.6 Å². The minimum Gasteiger partial charge on any atom is -0.384 e. The highest BCUT2D eigenvalue weighted by Gasteiger charge is 2.08. The predicted octanol–water partition coefficient (Wildman–Crippen LogP) is 2.28. The molecule has 3 N–H and O–H groups in total. The van der Waals surface area contributed by atoms with Crippen molar-refractivity contribution >= 4 is 11.7 Å². The van der Waals surface area contributed by atoms with E-state index in [9.17, 15) is 9.18 Å². The summed E-state index contributed by atoms with van der Waals surface area (Å²) < 4.78 is 15.2. The first-order valence-corrected chi connectivity index (χ1v) is 9.30. The van der Waals surface area contributed by atoms with Gasteiger partial charge in [-0.15, -0.1) is 0 Å². The van der Waals surface area contributed by atoms with E-state index >= 15 is 0 Å². The van der Waals surface area contributed by atoms with E-state index in [1.54, 1.807) is 42.1 Å². The number of aryl methyl sites for hydroxylation is 3. The Hall–Kier alpha value is -3.75. The van der Waals surface area contributed by atoms with Gasteiger partial charge in [0.05, 0.1) is 5.69 Å². The van der Waals surface area contributed by atoms with E-state index in [1.165, 1.54) is 6.07 Å². The predicted molar refractivity (Wildman–Crippen MR) is 110 cm³/mol. The van der Waals surface area contributed by atoms with E-state index in [0.29, 0.717) is 22.5 Å². The number of oxime groups is 1. The van der Waals surface area contributed by atoms with Gasteiger partial charge in [-0.2, -0.15) is 5.10 Å². The Balaban J connectivity index is 1.51. The van der Waals surface area contributed by atoms with Crippen molar-refractivity contribution in [2.75, 3.05) is 6.61 Å². The van der Waals surface area contributed by atoms with Crippen LogP contribution in [0.15, 0.2) is 47.8 Å². The summed E-state index contributed by atoms with van der Waals surface area (Å²) >= 11 is 0. The van der Waals surface area contributed by atoms with Crippen LogP contribution in [0.2, 0.25) is 0 Å². The molecule has 1 amide bonds. The van der Waals surface area contributed by atoms with Gasteiger partial charge in [-0.25, -0.2) is 14.1 Å². The quantitative estimate of drug-likeness (QED) is 0.353. The lowest BCUT2D eigenvalue weighted by atomic mass is 10.1. The Morgan fingerprint density at radius 3 is 2.67 bits per heavy atom. The summed E-state index contributed by atoms with van der Waals surface area (Å²) in [6.07, 6.45) is 1.56. The molecule has 2 aromatic heterocycles. The molecule has 3 rings (SSSR count). The Morgan fingerprint density at radius 1 is 1.23 bits per heavy atom. The van der Waals surface area contributed by atoms with Gasteiger partial charge in [-0.05, 0) is 56.2 Å². The van der Waals surface area contributed by atoms with Crippen molar-refractivity contribution in [2.24, 2.45) is 10.9 Å². The Morgan fingerprint density at radius 2 is 2.03 bits per heavy atom. The standard InChI is InChI=1S/C21H23FN6O2/c1-13-4-5-16(9-18(13)22)10-25-20(29)12-30-27-21(23)17-6-7-19(24-11-17)28-15(3)8-14(2)26-28/h4-9,11H,10,12H2,1-3H3,(H2,23,27)(H,25,29). The first-order valence-electron chi connectivity index (χ1n) is 9.30. The Labute approximate surface area is 173 Å². The van der Waals surface area contributed by atoms with Gasteiger partial charge in [-0.3, -0.25) is 4.79 Å². The number of nitrogens with zero attached hydrogens (tertiary/aromatic N) is 4. The van der Waals surface area contributed by atoms with Crippen molar-refractivity contribution < 1.29 is 14.0 Å². The van der Waals surface area contributed by atoms with Crippen LogP contribution in [-0.4, -0.2) is 33.1 Å². The van der Waals surface area contributed by atoms with Gasteiger partial charge in [-0.1, -0.05) is 17.3 Å². The van der Waals surface area contributed by atoms with Crippen LogP contribution >= 0.6 is 0 Å². The minimum absolute atomic E-state index is 0.0934. The van der Waals surface area contributed by atoms with Crippen molar-refractivity contribution in [3.05, 3.63) is 76.5 Å². The molecule has 0 aliphatic heterocycles. The van der Waals surface area contributed by atoms with Gasteiger partial charge in [0.15, 0.2) is 18.3 Å². The largest absolute Gasteiger partial charge is 0.384 e. The third kappa shape index (κ3) is 5.19. The van der Waals surface area contributed by atoms with Gasteiger partial charge in [0, 0.05) is 24.0 Å². The number of carbonyl (C=O) groups is 1. The number of amidine groups is 1. The topological polar surface area (TPSA) is 107 Å². The fraction of sp³-hybridized carbons (Fsp3) is 0.238. The highest BCUT2D eigenvalue weighted by molar-refractivity contribution is 5.96. The number of rotatable bonds is 7. The van der Waals surface area contributed by atoms with Gasteiger partial charge >= 0.3 is 0 Å². The maximum absolute atomic E-state index is 13.5. The van der Waals surface area contributed by atoms with E-state index in [0.717, 1.165) is 11.4 Å². The summed E-state index contributed by atoms with van der Waals surface area (Å²) in [5, 5.41) is 10.8. The molecule has 0 radical (unpaired) electrons. The Bertz CT molecular complexity index is 1080. The van der Waals surface area contributed by atoms with E-state index in [2.05, 4.69) is 20.6 Å². The highest BCUT2D eigenvalue weighted by atomic mass is 19.1. The molecule has 0 aliphatic rings. The van der Waals surface area contributed by atoms with Crippen LogP contribution in [0.1, 0.15) is 28.1 Å². The molecule has 0 unspecified atom stereocenters. The monoisotopic (exact) mass is 410 g/mol. The van der Waals surface area contributed by atoms with Crippen LogP contribution in [0.4, 0.5) is 4.39 Å². The first kappa shape index (κ1) is 21.0. The molecule has 0 spiro atoms. The lowest BCUT2D eigenvalue weighted by molar-refractivity contribution is -0.125. The number of hydrogen-bond donors (Lipinski definition) is 2. The third-order valence-electron chi connectivity index (χ3n) is 4.35. The molecule has 0 saturated heterocycles. The summed E-state index contributed by atoms with van der Waals surface area (Å²) in [6.45, 7) is 5.41. The van der Waals surface area contributed by atoms with Crippen LogP contribution in [0.5, 0.6) is 0 Å². The maximum atomic E-state index is 13.5. The van der Waals surface area contributed by atoms with Crippen molar-refractivity contribution in [1.29, 1.82) is 0 Å². The number of pyridine rings is 1. The number of hydrogen-bond acceptors (Lipinski definition) is 5. The third-order valence-corrected chi connectivity index (χ3v) is 4.35. The summed E-state index contributed by atoms with van der Waals surface area (Å²) in [6, 6.07) is 10.3. The van der Waals surface area contributed by atoms with E-state index in [1.807, 2.05) is 19.9 Å². The molecule has 2 heterocycles. The van der Waals surface area contributed by atoms with Crippen LogP contribution < -0.4 is 11.1 Å². The molecule has 156 valence electrons. The van der Waals surface area contributed by atoms with Crippen molar-refractivity contribution in [3.63, 3.8) is 0 Å². The zero-order valence-corrected chi connectivity index (χ0v) is 17.0. The van der Waals surface area contributed by atoms with Gasteiger partial charge in [0.25, 0.3) is 5.91 Å². The van der Waals surface area contributed by atoms with Crippen LogP contribution in [0.25, 0.3) is 5.82 Å². The maximum Gasteiger partial charge on any atom is 0.261 e. The van der Waals surface area contributed by atoms with Crippen LogP contribution in [-0.2, 0) is 16.2 Å². The second kappa shape index (κ2) is 9.17. The van der Waals surface area contributed by atoms with Crippen LogP contribution in [0.3, 0.4) is 0 Å². The molecule has 0 aliphatic carbocycles. The average Bonchev–Trinajstić information content (AvgIpc) is 3.07.